The van der Waals surface area contributed by atoms with Gasteiger partial charge in [-0.2, -0.15) is 0 Å². The summed E-state index contributed by atoms with van der Waals surface area (Å²) >= 11 is 7.64. The van der Waals surface area contributed by atoms with Gasteiger partial charge in [0, 0.05) is 55.6 Å². The highest BCUT2D eigenvalue weighted by molar-refractivity contribution is 7.16. The molecule has 1 aliphatic rings. The molecule has 2 aromatic heterocycles. The van der Waals surface area contributed by atoms with Crippen LogP contribution >= 0.6 is 22.9 Å². The van der Waals surface area contributed by atoms with Crippen LogP contribution in [0.2, 0.25) is 4.34 Å². The molecule has 168 valence electrons. The molecule has 0 spiro atoms. The van der Waals surface area contributed by atoms with Crippen molar-refractivity contribution in [2.45, 2.75) is 20.1 Å². The van der Waals surface area contributed by atoms with Gasteiger partial charge in [-0.05, 0) is 55.0 Å². The summed E-state index contributed by atoms with van der Waals surface area (Å²) in [7, 11) is 0. The molecule has 3 aromatic rings. The van der Waals surface area contributed by atoms with Crippen molar-refractivity contribution < 1.29 is 14.3 Å². The van der Waals surface area contributed by atoms with Crippen LogP contribution in [0, 0.1) is 0 Å². The number of aromatic nitrogens is 1. The largest absolute Gasteiger partial charge is 0.490 e. The van der Waals surface area contributed by atoms with E-state index in [4.69, 9.17) is 21.1 Å². The van der Waals surface area contributed by atoms with Crippen LogP contribution in [0.4, 0.5) is 0 Å². The number of piperazine rings is 1. The standard InChI is InChI=1S/C24H26ClN3O3S/c1-2-30-22-15-19(3-5-21(22)31-17-18-7-9-26-10-8-18)24(29)28-13-11-27(12-14-28)16-20-4-6-23(25)32-20/h3-10,15H,2,11-14,16-17H2,1H3. The molecule has 4 rings (SSSR count). The lowest BCUT2D eigenvalue weighted by Crippen LogP contribution is -2.48. The van der Waals surface area contributed by atoms with Gasteiger partial charge < -0.3 is 14.4 Å². The molecule has 0 atom stereocenters. The summed E-state index contributed by atoms with van der Waals surface area (Å²) in [6.07, 6.45) is 3.47. The van der Waals surface area contributed by atoms with Crippen molar-refractivity contribution in [3.05, 3.63) is 75.2 Å². The van der Waals surface area contributed by atoms with Crippen LogP contribution in [0.25, 0.3) is 0 Å². The summed E-state index contributed by atoms with van der Waals surface area (Å²) in [5.41, 5.74) is 1.63. The van der Waals surface area contributed by atoms with Crippen molar-refractivity contribution in [3.63, 3.8) is 0 Å². The van der Waals surface area contributed by atoms with E-state index in [0.717, 1.165) is 29.5 Å². The number of halogens is 1. The summed E-state index contributed by atoms with van der Waals surface area (Å²) in [5.74, 6) is 1.23. The maximum Gasteiger partial charge on any atom is 0.254 e. The number of hydrogen-bond acceptors (Lipinski definition) is 6. The Bertz CT molecular complexity index is 1040. The molecule has 1 fully saturated rings. The normalized spacial score (nSPS) is 14.4. The number of benzene rings is 1. The summed E-state index contributed by atoms with van der Waals surface area (Å²) < 4.78 is 12.5. The van der Waals surface area contributed by atoms with Crippen molar-refractivity contribution in [3.8, 4) is 11.5 Å². The molecule has 0 saturated carbocycles. The van der Waals surface area contributed by atoms with Gasteiger partial charge in [-0.1, -0.05) is 11.6 Å². The van der Waals surface area contributed by atoms with Crippen LogP contribution in [0.15, 0.2) is 54.9 Å². The molecule has 1 aliphatic heterocycles. The van der Waals surface area contributed by atoms with Crippen LogP contribution in [0.3, 0.4) is 0 Å². The smallest absolute Gasteiger partial charge is 0.254 e. The first-order chi connectivity index (χ1) is 15.6. The number of carbonyl (C=O) groups excluding carboxylic acids is 1. The number of carbonyl (C=O) groups is 1. The maximum atomic E-state index is 13.1. The van der Waals surface area contributed by atoms with Crippen LogP contribution in [0.5, 0.6) is 11.5 Å². The minimum atomic E-state index is 0.0189. The highest BCUT2D eigenvalue weighted by Gasteiger charge is 2.23. The second kappa shape index (κ2) is 10.8. The molecule has 3 heterocycles. The summed E-state index contributed by atoms with van der Waals surface area (Å²) in [6, 6.07) is 13.2. The van der Waals surface area contributed by atoms with E-state index in [1.165, 1.54) is 4.88 Å². The first-order valence-corrected chi connectivity index (χ1v) is 11.9. The zero-order valence-electron chi connectivity index (χ0n) is 18.0. The van der Waals surface area contributed by atoms with Gasteiger partial charge in [0.05, 0.1) is 10.9 Å². The molecule has 1 amide bonds. The number of rotatable bonds is 8. The fourth-order valence-electron chi connectivity index (χ4n) is 3.62. The molecule has 1 saturated heterocycles. The Labute approximate surface area is 197 Å². The van der Waals surface area contributed by atoms with Gasteiger partial charge in [-0.15, -0.1) is 11.3 Å². The molecule has 6 nitrogen and oxygen atoms in total. The van der Waals surface area contributed by atoms with E-state index in [2.05, 4.69) is 16.0 Å². The third-order valence-electron chi connectivity index (χ3n) is 5.30. The van der Waals surface area contributed by atoms with Crippen LogP contribution < -0.4 is 9.47 Å². The van der Waals surface area contributed by atoms with Gasteiger partial charge in [-0.25, -0.2) is 0 Å². The highest BCUT2D eigenvalue weighted by atomic mass is 35.5. The van der Waals surface area contributed by atoms with Crippen LogP contribution in [0.1, 0.15) is 27.7 Å². The van der Waals surface area contributed by atoms with Gasteiger partial charge in [0.2, 0.25) is 0 Å². The molecule has 0 unspecified atom stereocenters. The molecule has 8 heteroatoms. The van der Waals surface area contributed by atoms with Gasteiger partial charge in [-0.3, -0.25) is 14.7 Å². The third kappa shape index (κ3) is 5.79. The predicted octanol–water partition coefficient (Wildman–Crippen LogP) is 4.73. The Morgan fingerprint density at radius 2 is 1.81 bits per heavy atom. The average molecular weight is 472 g/mol. The van der Waals surface area contributed by atoms with E-state index in [0.29, 0.717) is 43.4 Å². The van der Waals surface area contributed by atoms with E-state index in [1.807, 2.05) is 42.2 Å². The number of amides is 1. The number of ether oxygens (including phenoxy) is 2. The zero-order valence-corrected chi connectivity index (χ0v) is 19.6. The molecular weight excluding hydrogens is 446 g/mol. The molecule has 1 aromatic carbocycles. The predicted molar refractivity (Wildman–Crippen MR) is 127 cm³/mol. The van der Waals surface area contributed by atoms with E-state index in [-0.39, 0.29) is 5.91 Å². The fourth-order valence-corrected chi connectivity index (χ4v) is 4.75. The van der Waals surface area contributed by atoms with Crippen LogP contribution in [-0.2, 0) is 13.2 Å². The fraction of sp³-hybridized carbons (Fsp3) is 0.333. The lowest BCUT2D eigenvalue weighted by atomic mass is 10.1. The van der Waals surface area contributed by atoms with Crippen molar-refractivity contribution in [1.29, 1.82) is 0 Å². The van der Waals surface area contributed by atoms with Gasteiger partial charge in [0.15, 0.2) is 11.5 Å². The Balaban J connectivity index is 1.37. The van der Waals surface area contributed by atoms with E-state index in [9.17, 15) is 4.79 Å². The number of hydrogen-bond donors (Lipinski definition) is 0. The Morgan fingerprint density at radius 3 is 2.50 bits per heavy atom. The van der Waals surface area contributed by atoms with Crippen molar-refractivity contribution in [2.75, 3.05) is 32.8 Å². The van der Waals surface area contributed by atoms with Crippen LogP contribution in [-0.4, -0.2) is 53.5 Å². The second-order valence-electron chi connectivity index (χ2n) is 7.51. The number of thiophene rings is 1. The third-order valence-corrected chi connectivity index (χ3v) is 6.52. The summed E-state index contributed by atoms with van der Waals surface area (Å²) in [6.45, 7) is 6.77. The SMILES string of the molecule is CCOc1cc(C(=O)N2CCN(Cc3ccc(Cl)s3)CC2)ccc1OCc1ccncc1. The molecular formula is C24H26ClN3O3S. The molecule has 32 heavy (non-hydrogen) atoms. The second-order valence-corrected chi connectivity index (χ2v) is 9.31. The summed E-state index contributed by atoms with van der Waals surface area (Å²) in [4.78, 5) is 22.6. The Hall–Kier alpha value is -2.61. The first kappa shape index (κ1) is 22.6. The molecule has 0 N–H and O–H groups in total. The van der Waals surface area contributed by atoms with Crippen molar-refractivity contribution >= 4 is 28.8 Å². The lowest BCUT2D eigenvalue weighted by molar-refractivity contribution is 0.0629. The lowest BCUT2D eigenvalue weighted by Gasteiger charge is -2.34. The van der Waals surface area contributed by atoms with Gasteiger partial charge in [0.1, 0.15) is 6.61 Å². The number of nitrogens with zero attached hydrogens (tertiary/aromatic N) is 3. The average Bonchev–Trinajstić information content (AvgIpc) is 3.23. The maximum absolute atomic E-state index is 13.1. The minimum Gasteiger partial charge on any atom is -0.490 e. The Kier molecular flexibility index (Phi) is 7.63. The molecule has 0 bridgehead atoms. The topological polar surface area (TPSA) is 54.9 Å². The first-order valence-electron chi connectivity index (χ1n) is 10.7. The van der Waals surface area contributed by atoms with Crippen molar-refractivity contribution in [1.82, 2.24) is 14.8 Å². The quantitative estimate of drug-likeness (QED) is 0.475. The Morgan fingerprint density at radius 1 is 1.03 bits per heavy atom. The van der Waals surface area contributed by atoms with E-state index in [1.54, 1.807) is 29.8 Å². The number of pyridine rings is 1. The van der Waals surface area contributed by atoms with Gasteiger partial charge in [0.25, 0.3) is 5.91 Å². The monoisotopic (exact) mass is 471 g/mol. The van der Waals surface area contributed by atoms with E-state index < -0.39 is 0 Å². The molecule has 0 aliphatic carbocycles. The summed E-state index contributed by atoms with van der Waals surface area (Å²) in [5, 5.41) is 0. The van der Waals surface area contributed by atoms with Crippen molar-refractivity contribution in [2.24, 2.45) is 0 Å². The zero-order chi connectivity index (χ0) is 22.3. The van der Waals surface area contributed by atoms with Gasteiger partial charge >= 0.3 is 0 Å². The molecule has 0 radical (unpaired) electrons. The minimum absolute atomic E-state index is 0.0189. The highest BCUT2D eigenvalue weighted by Crippen LogP contribution is 2.30. The van der Waals surface area contributed by atoms with E-state index >= 15 is 0 Å².